The maximum absolute atomic E-state index is 6.14. The highest BCUT2D eigenvalue weighted by atomic mass is 35.5. The molecule has 4 nitrogen and oxygen atoms in total. The third-order valence-electron chi connectivity index (χ3n) is 3.60. The van der Waals surface area contributed by atoms with Gasteiger partial charge in [-0.1, -0.05) is 19.9 Å². The molecule has 0 saturated carbocycles. The zero-order chi connectivity index (χ0) is 14.3. The third-order valence-corrected chi connectivity index (χ3v) is 3.94. The van der Waals surface area contributed by atoms with Crippen LogP contribution < -0.4 is 0 Å². The smallest absolute Gasteiger partial charge is 0.203 e. The lowest BCUT2D eigenvalue weighted by molar-refractivity contribution is 0.792. The molecular weight excluding hydrogens is 272 g/mol. The van der Waals surface area contributed by atoms with Crippen molar-refractivity contribution in [2.75, 3.05) is 0 Å². The monoisotopic (exact) mass is 288 g/mol. The largest absolute Gasteiger partial charge is 0.316 e. The van der Waals surface area contributed by atoms with E-state index < -0.39 is 0 Å². The van der Waals surface area contributed by atoms with E-state index in [2.05, 4.69) is 31.0 Å². The quantitative estimate of drug-likeness (QED) is 0.739. The molecule has 3 rings (SSSR count). The Labute approximate surface area is 123 Å². The first-order valence-electron chi connectivity index (χ1n) is 6.84. The second kappa shape index (κ2) is 4.94. The normalized spacial score (nSPS) is 11.4. The van der Waals surface area contributed by atoms with Gasteiger partial charge in [-0.05, 0) is 42.6 Å². The van der Waals surface area contributed by atoms with Crippen LogP contribution in [-0.4, -0.2) is 19.3 Å². The molecule has 0 atom stereocenters. The molecular formula is C15H17ClN4. The maximum Gasteiger partial charge on any atom is 0.203 e. The lowest BCUT2D eigenvalue weighted by Gasteiger charge is -2.08. The second-order valence-electron chi connectivity index (χ2n) is 4.83. The summed E-state index contributed by atoms with van der Waals surface area (Å²) in [6.07, 6.45) is 1.87. The van der Waals surface area contributed by atoms with Crippen LogP contribution in [0.15, 0.2) is 24.3 Å². The summed E-state index contributed by atoms with van der Waals surface area (Å²) < 4.78 is 3.91. The van der Waals surface area contributed by atoms with Gasteiger partial charge in [0, 0.05) is 12.7 Å². The minimum atomic E-state index is 0.494. The molecule has 2 aromatic heterocycles. The van der Waals surface area contributed by atoms with Gasteiger partial charge in [0.1, 0.15) is 0 Å². The van der Waals surface area contributed by atoms with Gasteiger partial charge in [-0.15, -0.1) is 0 Å². The Hall–Kier alpha value is -1.81. The van der Waals surface area contributed by atoms with Crippen LogP contribution in [0.25, 0.3) is 16.7 Å². The molecule has 2 heterocycles. The van der Waals surface area contributed by atoms with Crippen molar-refractivity contribution in [2.24, 2.45) is 7.05 Å². The van der Waals surface area contributed by atoms with Gasteiger partial charge in [-0.3, -0.25) is 0 Å². The molecule has 5 heteroatoms. The van der Waals surface area contributed by atoms with Crippen LogP contribution in [0.5, 0.6) is 0 Å². The maximum atomic E-state index is 6.14. The number of halogens is 1. The van der Waals surface area contributed by atoms with Crippen LogP contribution in [-0.2, 0) is 19.9 Å². The van der Waals surface area contributed by atoms with E-state index in [0.717, 1.165) is 35.3 Å². The van der Waals surface area contributed by atoms with Gasteiger partial charge in [0.05, 0.1) is 22.4 Å². The van der Waals surface area contributed by atoms with E-state index in [9.17, 15) is 0 Å². The molecule has 0 saturated heterocycles. The van der Waals surface area contributed by atoms with Crippen LogP contribution in [0.3, 0.4) is 0 Å². The summed E-state index contributed by atoms with van der Waals surface area (Å²) in [5.74, 6) is 0. The van der Waals surface area contributed by atoms with E-state index in [1.165, 1.54) is 5.69 Å². The molecule has 0 fully saturated rings. The van der Waals surface area contributed by atoms with Gasteiger partial charge in [0.25, 0.3) is 0 Å². The molecule has 0 amide bonds. The number of fused-ring (bicyclic) bond motifs is 1. The van der Waals surface area contributed by atoms with E-state index in [0.29, 0.717) is 5.28 Å². The van der Waals surface area contributed by atoms with Crippen molar-refractivity contribution >= 4 is 22.6 Å². The summed E-state index contributed by atoms with van der Waals surface area (Å²) in [4.78, 5) is 4.37. The summed E-state index contributed by atoms with van der Waals surface area (Å²) in [5, 5.41) is 5.20. The Morgan fingerprint density at radius 3 is 2.70 bits per heavy atom. The Kier molecular flexibility index (Phi) is 3.26. The first kappa shape index (κ1) is 13.2. The van der Waals surface area contributed by atoms with Gasteiger partial charge >= 0.3 is 0 Å². The molecule has 0 spiro atoms. The number of aryl methyl sites for hydroxylation is 3. The number of hydrogen-bond acceptors (Lipinski definition) is 2. The summed E-state index contributed by atoms with van der Waals surface area (Å²) in [7, 11) is 1.93. The Balaban J connectivity index is 2.31. The Bertz CT molecular complexity index is 770. The predicted octanol–water partition coefficient (Wildman–Crippen LogP) is 3.54. The summed E-state index contributed by atoms with van der Waals surface area (Å²) in [6.45, 7) is 4.26. The highest BCUT2D eigenvalue weighted by Crippen LogP contribution is 2.26. The molecule has 0 aliphatic heterocycles. The molecule has 0 bridgehead atoms. The molecule has 0 unspecified atom stereocenters. The van der Waals surface area contributed by atoms with Gasteiger partial charge in [-0.2, -0.15) is 5.10 Å². The van der Waals surface area contributed by atoms with Gasteiger partial charge in [0.2, 0.25) is 5.28 Å². The Morgan fingerprint density at radius 1 is 1.20 bits per heavy atom. The minimum Gasteiger partial charge on any atom is -0.316 e. The number of nitrogens with zero attached hydrogens (tertiary/aromatic N) is 4. The second-order valence-corrected chi connectivity index (χ2v) is 5.17. The molecule has 104 valence electrons. The predicted molar refractivity (Wildman–Crippen MR) is 81.6 cm³/mol. The molecule has 3 aromatic rings. The molecule has 1 aromatic carbocycles. The topological polar surface area (TPSA) is 35.6 Å². The average Bonchev–Trinajstić information content (AvgIpc) is 3.00. The van der Waals surface area contributed by atoms with Crippen molar-refractivity contribution in [3.63, 3.8) is 0 Å². The molecule has 20 heavy (non-hydrogen) atoms. The van der Waals surface area contributed by atoms with E-state index >= 15 is 0 Å². The minimum absolute atomic E-state index is 0.494. The average molecular weight is 289 g/mol. The van der Waals surface area contributed by atoms with Crippen LogP contribution in [0, 0.1) is 0 Å². The van der Waals surface area contributed by atoms with Crippen LogP contribution in [0.4, 0.5) is 0 Å². The highest BCUT2D eigenvalue weighted by Gasteiger charge is 2.14. The number of rotatable bonds is 3. The van der Waals surface area contributed by atoms with Crippen molar-refractivity contribution < 1.29 is 0 Å². The van der Waals surface area contributed by atoms with E-state index in [1.54, 1.807) is 0 Å². The SMILES string of the molecule is CCc1cc(CC)n(-c2cccc3nc(Cl)n(C)c23)n1. The number of imidazole rings is 1. The summed E-state index contributed by atoms with van der Waals surface area (Å²) in [6, 6.07) is 8.19. The fraction of sp³-hybridized carbons (Fsp3) is 0.333. The lowest BCUT2D eigenvalue weighted by Crippen LogP contribution is -2.04. The van der Waals surface area contributed by atoms with E-state index in [1.807, 2.05) is 28.4 Å². The summed E-state index contributed by atoms with van der Waals surface area (Å²) in [5.41, 5.74) is 5.24. The highest BCUT2D eigenvalue weighted by molar-refractivity contribution is 6.29. The Morgan fingerprint density at radius 2 is 2.00 bits per heavy atom. The van der Waals surface area contributed by atoms with Crippen molar-refractivity contribution in [1.82, 2.24) is 19.3 Å². The van der Waals surface area contributed by atoms with Crippen LogP contribution >= 0.6 is 11.6 Å². The number of para-hydroxylation sites is 1. The fourth-order valence-corrected chi connectivity index (χ4v) is 2.67. The first-order chi connectivity index (χ1) is 9.65. The van der Waals surface area contributed by atoms with Crippen LogP contribution in [0.2, 0.25) is 5.28 Å². The fourth-order valence-electron chi connectivity index (χ4n) is 2.50. The van der Waals surface area contributed by atoms with Gasteiger partial charge in [0.15, 0.2) is 0 Å². The number of aromatic nitrogens is 4. The van der Waals surface area contributed by atoms with Gasteiger partial charge in [-0.25, -0.2) is 9.67 Å². The van der Waals surface area contributed by atoms with Crippen molar-refractivity contribution in [3.8, 4) is 5.69 Å². The molecule has 0 aliphatic rings. The first-order valence-corrected chi connectivity index (χ1v) is 7.22. The van der Waals surface area contributed by atoms with E-state index in [4.69, 9.17) is 16.7 Å². The van der Waals surface area contributed by atoms with E-state index in [-0.39, 0.29) is 0 Å². The molecule has 0 radical (unpaired) electrons. The van der Waals surface area contributed by atoms with Gasteiger partial charge < -0.3 is 4.57 Å². The number of benzene rings is 1. The zero-order valence-corrected chi connectivity index (χ0v) is 12.6. The zero-order valence-electron chi connectivity index (χ0n) is 11.9. The third kappa shape index (κ3) is 1.91. The van der Waals surface area contributed by atoms with Crippen molar-refractivity contribution in [1.29, 1.82) is 0 Å². The standard InChI is InChI=1S/C15H17ClN4/c1-4-10-9-11(5-2)20(18-10)13-8-6-7-12-14(13)19(3)15(16)17-12/h6-9H,4-5H2,1-3H3. The summed E-state index contributed by atoms with van der Waals surface area (Å²) >= 11 is 6.14. The lowest BCUT2D eigenvalue weighted by atomic mass is 10.2. The van der Waals surface area contributed by atoms with Crippen molar-refractivity contribution in [3.05, 3.63) is 40.9 Å². The molecule has 0 N–H and O–H groups in total. The number of hydrogen-bond donors (Lipinski definition) is 0. The van der Waals surface area contributed by atoms with Crippen molar-refractivity contribution in [2.45, 2.75) is 26.7 Å². The molecule has 0 aliphatic carbocycles. The van der Waals surface area contributed by atoms with Crippen LogP contribution in [0.1, 0.15) is 25.2 Å².